The minimum absolute atomic E-state index is 0.100. The van der Waals surface area contributed by atoms with E-state index < -0.39 is 17.7 Å². The molecule has 6 nitrogen and oxygen atoms in total. The number of halogens is 1. The van der Waals surface area contributed by atoms with Gasteiger partial charge in [-0.05, 0) is 49.9 Å². The Hall–Kier alpha value is -3.61. The van der Waals surface area contributed by atoms with Crippen molar-refractivity contribution in [3.05, 3.63) is 81.9 Å². The Morgan fingerprint density at radius 1 is 1.09 bits per heavy atom. The fourth-order valence-electron chi connectivity index (χ4n) is 4.88. The predicted octanol–water partition coefficient (Wildman–Crippen LogP) is 4.77. The topological polar surface area (TPSA) is 73.9 Å². The number of benzene rings is 2. The predicted molar refractivity (Wildman–Crippen MR) is 125 cm³/mol. The molecule has 0 spiro atoms. The van der Waals surface area contributed by atoms with Crippen LogP contribution in [0.3, 0.4) is 0 Å². The SMILES string of the molecule is CCOC(=O)C1=C(C)NC2=C(C(=O)C[C@@H](c3ccc(OC)c(OC)c3)C2)[C@H]1c1ccccc1F. The number of rotatable bonds is 6. The molecule has 34 heavy (non-hydrogen) atoms. The number of ether oxygens (including phenoxy) is 3. The third kappa shape index (κ3) is 4.18. The lowest BCUT2D eigenvalue weighted by Gasteiger charge is -2.36. The highest BCUT2D eigenvalue weighted by atomic mass is 19.1. The van der Waals surface area contributed by atoms with Crippen LogP contribution in [0.2, 0.25) is 0 Å². The van der Waals surface area contributed by atoms with Crippen molar-refractivity contribution in [3.8, 4) is 11.5 Å². The van der Waals surface area contributed by atoms with Crippen molar-refractivity contribution in [2.75, 3.05) is 20.8 Å². The zero-order chi connectivity index (χ0) is 24.4. The summed E-state index contributed by atoms with van der Waals surface area (Å²) in [5.74, 6) is -0.869. The number of carbonyl (C=O) groups is 2. The quantitative estimate of drug-likeness (QED) is 0.620. The lowest BCUT2D eigenvalue weighted by atomic mass is 9.71. The minimum atomic E-state index is -0.824. The first kappa shape index (κ1) is 23.5. The second kappa shape index (κ2) is 9.71. The summed E-state index contributed by atoms with van der Waals surface area (Å²) in [6.45, 7) is 3.65. The molecule has 1 aliphatic carbocycles. The highest BCUT2D eigenvalue weighted by Gasteiger charge is 2.42. The van der Waals surface area contributed by atoms with Crippen molar-refractivity contribution in [2.24, 2.45) is 0 Å². The van der Waals surface area contributed by atoms with Crippen molar-refractivity contribution in [1.82, 2.24) is 5.32 Å². The van der Waals surface area contributed by atoms with Gasteiger partial charge in [-0.25, -0.2) is 9.18 Å². The van der Waals surface area contributed by atoms with Crippen LogP contribution in [-0.2, 0) is 14.3 Å². The second-order valence-electron chi connectivity index (χ2n) is 8.37. The van der Waals surface area contributed by atoms with Gasteiger partial charge in [-0.1, -0.05) is 24.3 Å². The van der Waals surface area contributed by atoms with E-state index >= 15 is 0 Å². The zero-order valence-electron chi connectivity index (χ0n) is 19.7. The van der Waals surface area contributed by atoms with Gasteiger partial charge >= 0.3 is 5.97 Å². The van der Waals surface area contributed by atoms with Gasteiger partial charge < -0.3 is 19.5 Å². The summed E-state index contributed by atoms with van der Waals surface area (Å²) in [6.07, 6.45) is 0.769. The molecule has 2 aromatic carbocycles. The van der Waals surface area contributed by atoms with Gasteiger partial charge in [-0.2, -0.15) is 0 Å². The number of carbonyl (C=O) groups excluding carboxylic acids is 2. The summed E-state index contributed by atoms with van der Waals surface area (Å²) in [4.78, 5) is 26.5. The van der Waals surface area contributed by atoms with Gasteiger partial charge in [0.2, 0.25) is 0 Å². The van der Waals surface area contributed by atoms with Crippen LogP contribution in [0.5, 0.6) is 11.5 Å². The van der Waals surface area contributed by atoms with Gasteiger partial charge in [-0.15, -0.1) is 0 Å². The molecule has 0 aromatic heterocycles. The Kier molecular flexibility index (Phi) is 6.72. The van der Waals surface area contributed by atoms with Crippen LogP contribution >= 0.6 is 0 Å². The minimum Gasteiger partial charge on any atom is -0.493 e. The number of methoxy groups -OCH3 is 2. The fraction of sp³-hybridized carbons (Fsp3) is 0.333. The molecular weight excluding hydrogens is 437 g/mol. The lowest BCUT2D eigenvalue weighted by molar-refractivity contribution is -0.138. The van der Waals surface area contributed by atoms with E-state index in [1.807, 2.05) is 18.2 Å². The molecule has 1 heterocycles. The van der Waals surface area contributed by atoms with Crippen molar-refractivity contribution >= 4 is 11.8 Å². The normalized spacial score (nSPS) is 20.0. The van der Waals surface area contributed by atoms with Gasteiger partial charge in [0.05, 0.1) is 32.3 Å². The molecule has 0 fully saturated rings. The first-order valence-electron chi connectivity index (χ1n) is 11.3. The van der Waals surface area contributed by atoms with E-state index in [-0.39, 0.29) is 35.9 Å². The van der Waals surface area contributed by atoms with Crippen molar-refractivity contribution in [2.45, 2.75) is 38.5 Å². The Balaban J connectivity index is 1.79. The molecule has 0 bridgehead atoms. The van der Waals surface area contributed by atoms with Crippen molar-refractivity contribution < 1.29 is 28.2 Å². The van der Waals surface area contributed by atoms with Crippen LogP contribution < -0.4 is 14.8 Å². The first-order chi connectivity index (χ1) is 16.4. The average Bonchev–Trinajstić information content (AvgIpc) is 2.83. The molecule has 1 N–H and O–H groups in total. The second-order valence-corrected chi connectivity index (χ2v) is 8.37. The maximum absolute atomic E-state index is 15.0. The van der Waals surface area contributed by atoms with Crippen molar-refractivity contribution in [3.63, 3.8) is 0 Å². The summed E-state index contributed by atoms with van der Waals surface area (Å²) in [6, 6.07) is 11.9. The number of esters is 1. The van der Waals surface area contributed by atoms with Gasteiger partial charge in [0.25, 0.3) is 0 Å². The summed E-state index contributed by atoms with van der Waals surface area (Å²) >= 11 is 0. The zero-order valence-corrected chi connectivity index (χ0v) is 19.7. The number of Topliss-reactive ketones (excluding diaryl/α,β-unsaturated/α-hetero) is 1. The van der Waals surface area contributed by atoms with Crippen LogP contribution in [0.15, 0.2) is 65.0 Å². The molecule has 178 valence electrons. The summed E-state index contributed by atoms with van der Waals surface area (Å²) in [5, 5.41) is 3.27. The number of dihydropyridines is 1. The van der Waals surface area contributed by atoms with Crippen LogP contribution in [0.4, 0.5) is 4.39 Å². The van der Waals surface area contributed by atoms with Gasteiger partial charge in [-0.3, -0.25) is 4.79 Å². The monoisotopic (exact) mass is 465 g/mol. The number of ketones is 1. The molecule has 7 heteroatoms. The van der Waals surface area contributed by atoms with Crippen LogP contribution in [0.1, 0.15) is 49.7 Å². The molecule has 4 rings (SSSR count). The van der Waals surface area contributed by atoms with Crippen LogP contribution in [-0.4, -0.2) is 32.6 Å². The number of nitrogens with one attached hydrogen (secondary N) is 1. The largest absolute Gasteiger partial charge is 0.493 e. The highest BCUT2D eigenvalue weighted by molar-refractivity contribution is 6.04. The Labute approximate surface area is 198 Å². The Morgan fingerprint density at radius 3 is 2.50 bits per heavy atom. The van der Waals surface area contributed by atoms with Crippen LogP contribution in [0.25, 0.3) is 0 Å². The molecule has 2 atom stereocenters. The smallest absolute Gasteiger partial charge is 0.336 e. The van der Waals surface area contributed by atoms with Crippen molar-refractivity contribution in [1.29, 1.82) is 0 Å². The highest BCUT2D eigenvalue weighted by Crippen LogP contribution is 2.46. The number of hydrogen-bond donors (Lipinski definition) is 1. The standard InChI is InChI=1S/C27H28FNO5/c1-5-34-27(31)24-15(2)29-20-12-17(16-10-11-22(32-3)23(14-16)33-4)13-21(30)26(20)25(24)18-8-6-7-9-19(18)28/h6-11,14,17,25,29H,5,12-13H2,1-4H3/t17-,25-/m0/s1. The number of allylic oxidation sites excluding steroid dienone is 3. The molecule has 0 unspecified atom stereocenters. The summed E-state index contributed by atoms with van der Waals surface area (Å²) in [7, 11) is 3.14. The molecule has 0 saturated carbocycles. The molecule has 2 aromatic rings. The average molecular weight is 466 g/mol. The molecule has 0 saturated heterocycles. The summed E-state index contributed by atoms with van der Waals surface area (Å²) < 4.78 is 31.0. The maximum Gasteiger partial charge on any atom is 0.336 e. The van der Waals surface area contributed by atoms with E-state index in [1.165, 1.54) is 6.07 Å². The first-order valence-corrected chi connectivity index (χ1v) is 11.3. The van der Waals surface area contributed by atoms with E-state index in [4.69, 9.17) is 14.2 Å². The van der Waals surface area contributed by atoms with Gasteiger partial charge in [0, 0.05) is 29.0 Å². The molecular formula is C27H28FNO5. The van der Waals surface area contributed by atoms with Gasteiger partial charge in [0.15, 0.2) is 17.3 Å². The molecule has 0 radical (unpaired) electrons. The van der Waals surface area contributed by atoms with E-state index in [0.29, 0.717) is 34.9 Å². The third-order valence-electron chi connectivity index (χ3n) is 6.42. The Morgan fingerprint density at radius 2 is 1.82 bits per heavy atom. The maximum atomic E-state index is 15.0. The molecule has 1 aliphatic heterocycles. The third-order valence-corrected chi connectivity index (χ3v) is 6.42. The van der Waals surface area contributed by atoms with E-state index in [9.17, 15) is 14.0 Å². The fourth-order valence-corrected chi connectivity index (χ4v) is 4.88. The van der Waals surface area contributed by atoms with E-state index in [0.717, 1.165) is 5.56 Å². The van der Waals surface area contributed by atoms with E-state index in [2.05, 4.69) is 5.32 Å². The molecule has 2 aliphatic rings. The van der Waals surface area contributed by atoms with E-state index in [1.54, 1.807) is 46.3 Å². The molecule has 0 amide bonds. The van der Waals surface area contributed by atoms with Crippen LogP contribution in [0, 0.1) is 5.82 Å². The number of hydrogen-bond acceptors (Lipinski definition) is 6. The summed E-state index contributed by atoms with van der Waals surface area (Å²) in [5.41, 5.74) is 3.19. The Bertz CT molecular complexity index is 1200. The lowest BCUT2D eigenvalue weighted by Crippen LogP contribution is -2.36. The van der Waals surface area contributed by atoms with Gasteiger partial charge in [0.1, 0.15) is 5.82 Å².